The van der Waals surface area contributed by atoms with Gasteiger partial charge in [0.15, 0.2) is 17.4 Å². The predicted molar refractivity (Wildman–Crippen MR) is 69.8 cm³/mol. The van der Waals surface area contributed by atoms with Crippen molar-refractivity contribution in [1.82, 2.24) is 0 Å². The molecular weight excluding hydrogens is 224 g/mol. The van der Waals surface area contributed by atoms with Crippen LogP contribution in [0.1, 0.15) is 13.8 Å². The number of rotatable bonds is 6. The van der Waals surface area contributed by atoms with Crippen LogP contribution in [0.25, 0.3) is 0 Å². The van der Waals surface area contributed by atoms with Gasteiger partial charge in [0.2, 0.25) is 0 Å². The molecule has 0 unspecified atom stereocenters. The molecule has 0 aliphatic carbocycles. The largest absolute Gasteiger partial charge is 0.439 e. The van der Waals surface area contributed by atoms with E-state index in [0.29, 0.717) is 0 Å². The lowest BCUT2D eigenvalue weighted by Crippen LogP contribution is -2.40. The smallest absolute Gasteiger partial charge is 0.359 e. The molecule has 0 aromatic carbocycles. The molecule has 0 heterocycles. The first-order valence-electron chi connectivity index (χ1n) is 5.42. The fraction of sp³-hybridized carbons (Fsp3) is 1.00. The minimum Gasteiger partial charge on any atom is -0.439 e. The highest BCUT2D eigenvalue weighted by atomic mass is 28.4. The Balaban J connectivity index is 3.94. The van der Waals surface area contributed by atoms with E-state index in [9.17, 15) is 0 Å². The number of hydrogen-bond donors (Lipinski definition) is 0. The van der Waals surface area contributed by atoms with Crippen molar-refractivity contribution >= 4 is 26.6 Å². The quantitative estimate of drug-likeness (QED) is 0.674. The fourth-order valence-electron chi connectivity index (χ4n) is 1.77. The topological polar surface area (TPSA) is 18.5 Å². The summed E-state index contributed by atoms with van der Waals surface area (Å²) >= 11 is 0. The zero-order chi connectivity index (χ0) is 11.4. The van der Waals surface area contributed by atoms with E-state index in [4.69, 9.17) is 8.23 Å². The first kappa shape index (κ1) is 14.6. The summed E-state index contributed by atoms with van der Waals surface area (Å²) in [5, 5.41) is 0. The van der Waals surface area contributed by atoms with Gasteiger partial charge in [-0.25, -0.2) is 0 Å². The maximum Gasteiger partial charge on any atom is 0.359 e. The molecule has 0 spiro atoms. The minimum atomic E-state index is -1.45. The van der Waals surface area contributed by atoms with Crippen LogP contribution in [-0.2, 0) is 8.23 Å². The van der Waals surface area contributed by atoms with Crippen LogP contribution in [0.5, 0.6) is 0 Å². The molecule has 0 aromatic rings. The van der Waals surface area contributed by atoms with Gasteiger partial charge in [-0.15, -0.1) is 0 Å². The average Bonchev–Trinajstić information content (AvgIpc) is 1.77. The predicted octanol–water partition coefficient (Wildman–Crippen LogP) is 2.98. The van der Waals surface area contributed by atoms with Gasteiger partial charge in [0.25, 0.3) is 0 Å². The first-order chi connectivity index (χ1) is 6.23. The maximum absolute atomic E-state index is 6.11. The molecule has 14 heavy (non-hydrogen) atoms. The normalized spacial score (nSPS) is 13.3. The highest BCUT2D eigenvalue weighted by Gasteiger charge is 2.27. The van der Waals surface area contributed by atoms with E-state index >= 15 is 0 Å². The molecule has 0 aliphatic rings. The molecule has 0 atom stereocenters. The lowest BCUT2D eigenvalue weighted by Gasteiger charge is -2.28. The summed E-state index contributed by atoms with van der Waals surface area (Å²) in [4.78, 5) is 0. The third kappa shape index (κ3) is 7.93. The van der Waals surface area contributed by atoms with E-state index in [1.165, 1.54) is 6.04 Å². The summed E-state index contributed by atoms with van der Waals surface area (Å²) in [6.45, 7) is 15.7. The molecule has 5 heteroatoms. The van der Waals surface area contributed by atoms with Gasteiger partial charge in [0.1, 0.15) is 0 Å². The van der Waals surface area contributed by atoms with E-state index in [1.54, 1.807) is 0 Å². The Hall–Kier alpha value is 0.571. The van der Waals surface area contributed by atoms with Crippen molar-refractivity contribution in [3.63, 3.8) is 0 Å². The summed E-state index contributed by atoms with van der Waals surface area (Å²) < 4.78 is 11.9. The van der Waals surface area contributed by atoms with Gasteiger partial charge in [-0.2, -0.15) is 0 Å². The Morgan fingerprint density at radius 3 is 2.14 bits per heavy atom. The molecule has 0 aromatic heterocycles. The monoisotopic (exact) mass is 249 g/mol. The van der Waals surface area contributed by atoms with Crippen molar-refractivity contribution in [2.24, 2.45) is 5.92 Å². The van der Waals surface area contributed by atoms with Crippen LogP contribution in [0.4, 0.5) is 0 Å². The first-order valence-corrected chi connectivity index (χ1v) is 13.1. The van der Waals surface area contributed by atoms with Crippen LogP contribution in [0, 0.1) is 5.92 Å². The van der Waals surface area contributed by atoms with E-state index in [1.807, 2.05) is 0 Å². The Morgan fingerprint density at radius 2 is 1.79 bits per heavy atom. The van der Waals surface area contributed by atoms with Gasteiger partial charge in [-0.05, 0) is 44.7 Å². The second-order valence-corrected chi connectivity index (χ2v) is 13.9. The number of hydrogen-bond acceptors (Lipinski definition) is 2. The van der Waals surface area contributed by atoms with E-state index in [0.717, 1.165) is 5.92 Å². The summed E-state index contributed by atoms with van der Waals surface area (Å²) in [7, 11) is -3.33. The highest BCUT2D eigenvalue weighted by Crippen LogP contribution is 2.18. The van der Waals surface area contributed by atoms with E-state index < -0.39 is 26.6 Å². The Kier molecular flexibility index (Phi) is 6.47. The van der Waals surface area contributed by atoms with E-state index in [-0.39, 0.29) is 0 Å². The van der Waals surface area contributed by atoms with Gasteiger partial charge in [-0.3, -0.25) is 0 Å². The summed E-state index contributed by atoms with van der Waals surface area (Å²) in [5.74, 6) is 0.739. The zero-order valence-electron chi connectivity index (χ0n) is 10.7. The second-order valence-electron chi connectivity index (χ2n) is 5.12. The van der Waals surface area contributed by atoms with Gasteiger partial charge < -0.3 is 8.23 Å². The van der Waals surface area contributed by atoms with Crippen molar-refractivity contribution in [2.75, 3.05) is 0 Å². The molecular formula is C9H25O2Si3. The molecule has 0 fully saturated rings. The van der Waals surface area contributed by atoms with Crippen molar-refractivity contribution in [1.29, 1.82) is 0 Å². The molecule has 0 bridgehead atoms. The molecule has 0 amide bonds. The van der Waals surface area contributed by atoms with Crippen LogP contribution in [0.3, 0.4) is 0 Å². The third-order valence-corrected chi connectivity index (χ3v) is 10.1. The standard InChI is InChI=1S/C9H25O2Si3/c1-9(2)8-14(6,7)11-13(5)10-12(3)4/h9,12H,8H2,1-7H3. The van der Waals surface area contributed by atoms with E-state index in [2.05, 4.69) is 46.6 Å². The van der Waals surface area contributed by atoms with Crippen molar-refractivity contribution in [2.45, 2.75) is 52.6 Å². The molecule has 1 radical (unpaired) electrons. The zero-order valence-corrected chi connectivity index (χ0v) is 13.8. The molecule has 0 rings (SSSR count). The Bertz CT molecular complexity index is 160. The minimum absolute atomic E-state index is 0.739. The van der Waals surface area contributed by atoms with Crippen LogP contribution in [-0.4, -0.2) is 26.6 Å². The molecule has 0 saturated carbocycles. The Labute approximate surface area is 93.7 Å². The van der Waals surface area contributed by atoms with Crippen molar-refractivity contribution in [3.05, 3.63) is 0 Å². The van der Waals surface area contributed by atoms with Crippen molar-refractivity contribution in [3.8, 4) is 0 Å². The molecule has 2 nitrogen and oxygen atoms in total. The van der Waals surface area contributed by atoms with Gasteiger partial charge >= 0.3 is 9.28 Å². The highest BCUT2D eigenvalue weighted by molar-refractivity contribution is 6.78. The molecule has 0 aliphatic heterocycles. The summed E-state index contributed by atoms with van der Waals surface area (Å²) in [6, 6.07) is 1.23. The maximum atomic E-state index is 6.11. The Morgan fingerprint density at radius 1 is 1.29 bits per heavy atom. The van der Waals surface area contributed by atoms with Crippen LogP contribution >= 0.6 is 0 Å². The fourth-order valence-corrected chi connectivity index (χ4v) is 10.5. The molecule has 85 valence electrons. The lowest BCUT2D eigenvalue weighted by molar-refractivity contribution is 0.428. The van der Waals surface area contributed by atoms with Gasteiger partial charge in [0, 0.05) is 0 Å². The molecule has 0 N–H and O–H groups in total. The van der Waals surface area contributed by atoms with Crippen molar-refractivity contribution < 1.29 is 8.23 Å². The van der Waals surface area contributed by atoms with Gasteiger partial charge in [0.05, 0.1) is 0 Å². The molecule has 0 saturated heterocycles. The lowest BCUT2D eigenvalue weighted by atomic mass is 10.3. The van der Waals surface area contributed by atoms with Crippen LogP contribution < -0.4 is 0 Å². The SMILES string of the molecule is CC(C)C[Si](C)(C)O[Si](C)O[SiH](C)C. The van der Waals surface area contributed by atoms with Crippen LogP contribution in [0.2, 0.25) is 38.8 Å². The average molecular weight is 250 g/mol. The van der Waals surface area contributed by atoms with Crippen LogP contribution in [0.15, 0.2) is 0 Å². The summed E-state index contributed by atoms with van der Waals surface area (Å²) in [6.07, 6.45) is 0. The summed E-state index contributed by atoms with van der Waals surface area (Å²) in [5.41, 5.74) is 0. The second kappa shape index (κ2) is 6.22. The van der Waals surface area contributed by atoms with Gasteiger partial charge in [-0.1, -0.05) is 13.8 Å². The third-order valence-electron chi connectivity index (χ3n) is 1.72.